The maximum atomic E-state index is 5.78. The number of benzene rings is 1. The Labute approximate surface area is 114 Å². The summed E-state index contributed by atoms with van der Waals surface area (Å²) in [7, 11) is 1.71. The number of nitrogens with two attached hydrogens (primary N) is 1. The zero-order valence-corrected chi connectivity index (χ0v) is 11.5. The zero-order chi connectivity index (χ0) is 12.1. The molecule has 0 spiro atoms. The lowest BCUT2D eigenvalue weighted by Gasteiger charge is -2.32. The minimum Gasteiger partial charge on any atom is -0.399 e. The third-order valence-electron chi connectivity index (χ3n) is 2.93. The normalized spacial score (nSPS) is 20.4. The molecule has 0 bridgehead atoms. The highest BCUT2D eigenvalue weighted by molar-refractivity contribution is 5.85. The molecule has 1 atom stereocenters. The Balaban J connectivity index is 0.00000162. The number of rotatable bonds is 4. The highest BCUT2D eigenvalue weighted by atomic mass is 35.5. The summed E-state index contributed by atoms with van der Waals surface area (Å²) in [5.74, 6) is 0. The molecule has 0 aromatic heterocycles. The van der Waals surface area contributed by atoms with E-state index in [2.05, 4.69) is 11.0 Å². The zero-order valence-electron chi connectivity index (χ0n) is 10.7. The first-order valence-corrected chi connectivity index (χ1v) is 5.95. The molecule has 0 radical (unpaired) electrons. The molecule has 2 N–H and O–H groups in total. The highest BCUT2D eigenvalue weighted by Crippen LogP contribution is 2.13. The summed E-state index contributed by atoms with van der Waals surface area (Å²) in [5.41, 5.74) is 7.85. The molecular weight excluding hydrogens is 252 g/mol. The molecule has 1 aliphatic rings. The molecular formula is C13H21ClN2O2. The summed E-state index contributed by atoms with van der Waals surface area (Å²) in [5, 5.41) is 0. The second-order valence-corrected chi connectivity index (χ2v) is 4.43. The first-order chi connectivity index (χ1) is 8.28. The fraction of sp³-hybridized carbons (Fsp3) is 0.538. The molecule has 18 heavy (non-hydrogen) atoms. The summed E-state index contributed by atoms with van der Waals surface area (Å²) < 4.78 is 10.7. The number of morpholine rings is 1. The second kappa shape index (κ2) is 7.59. The van der Waals surface area contributed by atoms with Gasteiger partial charge in [0.1, 0.15) is 0 Å². The number of halogens is 1. The Hall–Kier alpha value is -0.810. The van der Waals surface area contributed by atoms with Gasteiger partial charge in [-0.3, -0.25) is 4.90 Å². The van der Waals surface area contributed by atoms with Crippen LogP contribution in [0.15, 0.2) is 24.3 Å². The summed E-state index contributed by atoms with van der Waals surface area (Å²) in [6.07, 6.45) is 0.190. The van der Waals surface area contributed by atoms with Crippen LogP contribution in [0.1, 0.15) is 5.56 Å². The summed E-state index contributed by atoms with van der Waals surface area (Å²) >= 11 is 0. The summed E-state index contributed by atoms with van der Waals surface area (Å²) in [4.78, 5) is 2.38. The van der Waals surface area contributed by atoms with Gasteiger partial charge in [-0.25, -0.2) is 0 Å². The van der Waals surface area contributed by atoms with Crippen LogP contribution in [0.3, 0.4) is 0 Å². The fourth-order valence-corrected chi connectivity index (χ4v) is 2.16. The SMILES string of the molecule is COCC1CN(Cc2cccc(N)c2)CCO1.Cl. The van der Waals surface area contributed by atoms with Crippen molar-refractivity contribution in [1.29, 1.82) is 0 Å². The molecule has 5 heteroatoms. The van der Waals surface area contributed by atoms with E-state index < -0.39 is 0 Å². The smallest absolute Gasteiger partial charge is 0.0935 e. The molecule has 0 amide bonds. The number of anilines is 1. The van der Waals surface area contributed by atoms with Crippen molar-refractivity contribution < 1.29 is 9.47 Å². The van der Waals surface area contributed by atoms with Crippen LogP contribution >= 0.6 is 12.4 Å². The molecule has 1 heterocycles. The minimum atomic E-state index is 0. The van der Waals surface area contributed by atoms with Crippen molar-refractivity contribution >= 4 is 18.1 Å². The van der Waals surface area contributed by atoms with E-state index in [0.717, 1.165) is 31.9 Å². The third-order valence-corrected chi connectivity index (χ3v) is 2.93. The summed E-state index contributed by atoms with van der Waals surface area (Å²) in [6.45, 7) is 4.25. The predicted molar refractivity (Wildman–Crippen MR) is 75.0 cm³/mol. The van der Waals surface area contributed by atoms with Crippen LogP contribution < -0.4 is 5.73 Å². The first-order valence-electron chi connectivity index (χ1n) is 5.95. The first kappa shape index (κ1) is 15.2. The standard InChI is InChI=1S/C13H20N2O2.ClH/c1-16-10-13-9-15(5-6-17-13)8-11-3-2-4-12(14)7-11;/h2-4,7,13H,5-6,8-10,14H2,1H3;1H. The monoisotopic (exact) mass is 272 g/mol. The Kier molecular flexibility index (Phi) is 6.43. The van der Waals surface area contributed by atoms with E-state index in [1.165, 1.54) is 5.56 Å². The molecule has 4 nitrogen and oxygen atoms in total. The topological polar surface area (TPSA) is 47.7 Å². The van der Waals surface area contributed by atoms with E-state index in [1.807, 2.05) is 18.2 Å². The Morgan fingerprint density at radius 3 is 3.06 bits per heavy atom. The van der Waals surface area contributed by atoms with Crippen LogP contribution in [0.4, 0.5) is 5.69 Å². The molecule has 0 saturated carbocycles. The van der Waals surface area contributed by atoms with Gasteiger partial charge in [-0.1, -0.05) is 12.1 Å². The number of ether oxygens (including phenoxy) is 2. The van der Waals surface area contributed by atoms with E-state index in [4.69, 9.17) is 15.2 Å². The highest BCUT2D eigenvalue weighted by Gasteiger charge is 2.20. The maximum Gasteiger partial charge on any atom is 0.0935 e. The van der Waals surface area contributed by atoms with Gasteiger partial charge in [-0.05, 0) is 17.7 Å². The molecule has 1 unspecified atom stereocenters. The third kappa shape index (κ3) is 4.46. The van der Waals surface area contributed by atoms with Gasteiger partial charge in [-0.2, -0.15) is 0 Å². The molecule has 0 aliphatic carbocycles. The molecule has 2 rings (SSSR count). The van der Waals surface area contributed by atoms with Gasteiger partial charge in [0, 0.05) is 32.4 Å². The second-order valence-electron chi connectivity index (χ2n) is 4.43. The van der Waals surface area contributed by atoms with Crippen LogP contribution in [0.25, 0.3) is 0 Å². The molecule has 1 saturated heterocycles. The lowest BCUT2D eigenvalue weighted by Crippen LogP contribution is -2.43. The van der Waals surface area contributed by atoms with Gasteiger partial charge in [0.25, 0.3) is 0 Å². The molecule has 1 fully saturated rings. The van der Waals surface area contributed by atoms with Gasteiger partial charge in [-0.15, -0.1) is 12.4 Å². The molecule has 1 aromatic rings. The molecule has 1 aliphatic heterocycles. The molecule has 102 valence electrons. The van der Waals surface area contributed by atoms with Crippen LogP contribution in [0.5, 0.6) is 0 Å². The Morgan fingerprint density at radius 2 is 2.33 bits per heavy atom. The van der Waals surface area contributed by atoms with Crippen molar-refractivity contribution in [1.82, 2.24) is 4.90 Å². The van der Waals surface area contributed by atoms with E-state index >= 15 is 0 Å². The van der Waals surface area contributed by atoms with Gasteiger partial charge in [0.15, 0.2) is 0 Å². The van der Waals surface area contributed by atoms with E-state index in [1.54, 1.807) is 7.11 Å². The quantitative estimate of drug-likeness (QED) is 0.845. The Morgan fingerprint density at radius 1 is 1.50 bits per heavy atom. The predicted octanol–water partition coefficient (Wildman–Crippen LogP) is 1.54. The number of hydrogen-bond donors (Lipinski definition) is 1. The van der Waals surface area contributed by atoms with Crippen molar-refractivity contribution in [2.75, 3.05) is 39.1 Å². The van der Waals surface area contributed by atoms with Crippen molar-refractivity contribution in [3.8, 4) is 0 Å². The average Bonchev–Trinajstić information content (AvgIpc) is 2.30. The number of hydrogen-bond acceptors (Lipinski definition) is 4. The van der Waals surface area contributed by atoms with E-state index in [0.29, 0.717) is 6.61 Å². The van der Waals surface area contributed by atoms with Crippen LogP contribution in [0, 0.1) is 0 Å². The van der Waals surface area contributed by atoms with Crippen LogP contribution in [-0.2, 0) is 16.0 Å². The number of methoxy groups -OCH3 is 1. The van der Waals surface area contributed by atoms with E-state index in [9.17, 15) is 0 Å². The van der Waals surface area contributed by atoms with Gasteiger partial charge in [0.05, 0.1) is 19.3 Å². The number of nitrogens with zero attached hydrogens (tertiary/aromatic N) is 1. The number of nitrogen functional groups attached to an aromatic ring is 1. The van der Waals surface area contributed by atoms with Crippen LogP contribution in [-0.4, -0.2) is 44.4 Å². The van der Waals surface area contributed by atoms with Crippen LogP contribution in [0.2, 0.25) is 0 Å². The van der Waals surface area contributed by atoms with Gasteiger partial charge >= 0.3 is 0 Å². The fourth-order valence-electron chi connectivity index (χ4n) is 2.16. The van der Waals surface area contributed by atoms with Crippen molar-refractivity contribution in [3.63, 3.8) is 0 Å². The van der Waals surface area contributed by atoms with E-state index in [-0.39, 0.29) is 18.5 Å². The largest absolute Gasteiger partial charge is 0.399 e. The molecule has 1 aromatic carbocycles. The van der Waals surface area contributed by atoms with Crippen molar-refractivity contribution in [2.45, 2.75) is 12.6 Å². The lowest BCUT2D eigenvalue weighted by atomic mass is 10.1. The van der Waals surface area contributed by atoms with Gasteiger partial charge in [0.2, 0.25) is 0 Å². The average molecular weight is 273 g/mol. The van der Waals surface area contributed by atoms with Crippen molar-refractivity contribution in [3.05, 3.63) is 29.8 Å². The summed E-state index contributed by atoms with van der Waals surface area (Å²) in [6, 6.07) is 8.05. The minimum absolute atomic E-state index is 0. The maximum absolute atomic E-state index is 5.78. The van der Waals surface area contributed by atoms with Gasteiger partial charge < -0.3 is 15.2 Å². The lowest BCUT2D eigenvalue weighted by molar-refractivity contribution is -0.0631. The Bertz CT molecular complexity index is 361. The van der Waals surface area contributed by atoms with Crippen molar-refractivity contribution in [2.24, 2.45) is 0 Å².